The molecule has 9 nitrogen and oxygen atoms in total. The summed E-state index contributed by atoms with van der Waals surface area (Å²) in [5.74, 6) is -1.97. The van der Waals surface area contributed by atoms with Gasteiger partial charge in [-0.2, -0.15) is 0 Å². The van der Waals surface area contributed by atoms with Gasteiger partial charge in [0, 0.05) is 0 Å². The number of hydrogen-bond acceptors (Lipinski definition) is 9. The van der Waals surface area contributed by atoms with E-state index in [1.165, 1.54) is 6.07 Å². The molecule has 220 valence electrons. The minimum absolute atomic E-state index is 0.0627. The van der Waals surface area contributed by atoms with Crippen LogP contribution in [0.2, 0.25) is 0 Å². The van der Waals surface area contributed by atoms with Gasteiger partial charge in [0.1, 0.15) is 18.8 Å². The molecule has 1 aromatic carbocycles. The number of rotatable bonds is 15. The van der Waals surface area contributed by atoms with Crippen LogP contribution >= 0.6 is 0 Å². The summed E-state index contributed by atoms with van der Waals surface area (Å²) in [6, 6.07) is 3.69. The number of nitrogens with two attached hydrogens (primary N) is 1. The van der Waals surface area contributed by atoms with Crippen molar-refractivity contribution in [3.63, 3.8) is 0 Å². The lowest BCUT2D eigenvalue weighted by atomic mass is 9.90. The van der Waals surface area contributed by atoms with Gasteiger partial charge >= 0.3 is 23.9 Å². The van der Waals surface area contributed by atoms with Crippen molar-refractivity contribution >= 4 is 23.9 Å². The van der Waals surface area contributed by atoms with Crippen LogP contribution in [0.3, 0.4) is 0 Å². The second-order valence-corrected chi connectivity index (χ2v) is 11.4. The predicted octanol–water partition coefficient (Wildman–Crippen LogP) is 5.15. The second kappa shape index (κ2) is 15.0. The van der Waals surface area contributed by atoms with Crippen LogP contribution in [0.4, 0.5) is 0 Å². The van der Waals surface area contributed by atoms with Gasteiger partial charge in [-0.1, -0.05) is 40.2 Å². The Morgan fingerprint density at radius 1 is 0.846 bits per heavy atom. The van der Waals surface area contributed by atoms with E-state index in [1.54, 1.807) is 53.7 Å². The maximum Gasteiger partial charge on any atom is 0.323 e. The van der Waals surface area contributed by atoms with Crippen LogP contribution in [-0.2, 0) is 35.1 Å². The first-order chi connectivity index (χ1) is 18.1. The van der Waals surface area contributed by atoms with E-state index < -0.39 is 40.9 Å². The van der Waals surface area contributed by atoms with Crippen LogP contribution in [0.5, 0.6) is 11.5 Å². The molecule has 0 aliphatic carbocycles. The van der Waals surface area contributed by atoms with E-state index in [1.807, 2.05) is 20.8 Å². The van der Waals surface area contributed by atoms with Crippen LogP contribution in [0.1, 0.15) is 93.6 Å². The molecule has 1 rings (SSSR count). The fourth-order valence-corrected chi connectivity index (χ4v) is 3.16. The molecular weight excluding hydrogens is 502 g/mol. The third kappa shape index (κ3) is 10.6. The van der Waals surface area contributed by atoms with E-state index in [0.29, 0.717) is 18.4 Å². The summed E-state index contributed by atoms with van der Waals surface area (Å²) in [5.41, 5.74) is 5.20. The predicted molar refractivity (Wildman–Crippen MR) is 148 cm³/mol. The highest BCUT2D eigenvalue weighted by Gasteiger charge is 2.32. The Labute approximate surface area is 233 Å². The third-order valence-electron chi connectivity index (χ3n) is 6.95. The number of carbonyl (C=O) groups is 4. The average Bonchev–Trinajstić information content (AvgIpc) is 2.88. The summed E-state index contributed by atoms with van der Waals surface area (Å²) in [6.45, 7) is 16.2. The Morgan fingerprint density at radius 3 is 1.90 bits per heavy atom. The largest absolute Gasteiger partial charge is 0.462 e. The lowest BCUT2D eigenvalue weighted by Gasteiger charge is -2.23. The summed E-state index contributed by atoms with van der Waals surface area (Å²) in [6.07, 6.45) is 2.11. The van der Waals surface area contributed by atoms with E-state index in [9.17, 15) is 19.2 Å². The number of esters is 4. The van der Waals surface area contributed by atoms with E-state index in [-0.39, 0.29) is 36.4 Å². The van der Waals surface area contributed by atoms with Crippen LogP contribution in [0, 0.1) is 16.7 Å². The van der Waals surface area contributed by atoms with Crippen LogP contribution < -0.4 is 15.2 Å². The molecule has 0 saturated carbocycles. The molecule has 1 unspecified atom stereocenters. The van der Waals surface area contributed by atoms with Gasteiger partial charge in [-0.05, 0) is 78.0 Å². The van der Waals surface area contributed by atoms with E-state index in [4.69, 9.17) is 24.7 Å². The lowest BCUT2D eigenvalue weighted by molar-refractivity contribution is -0.161. The standard InChI is InChI=1S/C30H47NO8/c1-10-13-19(4)25(32)36-18-20(5)37-26(33)22(31)16-21-14-15-23(38-27(34)29(6,7)11-2)24(17-21)39-28(35)30(8,9)12-3/h14-15,17,19-20,22H,10-13,16,18,31H2,1-9H3/t19?,20-,22-/m0/s1. The van der Waals surface area contributed by atoms with Crippen LogP contribution in [0.15, 0.2) is 18.2 Å². The minimum atomic E-state index is -1.02. The Hall–Kier alpha value is -2.94. The van der Waals surface area contributed by atoms with Gasteiger partial charge in [-0.25, -0.2) is 0 Å². The zero-order valence-electron chi connectivity index (χ0n) is 25.1. The molecule has 0 heterocycles. The highest BCUT2D eigenvalue weighted by molar-refractivity contribution is 5.81. The quantitative estimate of drug-likeness (QED) is 0.233. The fraction of sp³-hybridized carbons (Fsp3) is 0.667. The summed E-state index contributed by atoms with van der Waals surface area (Å²) < 4.78 is 21.9. The third-order valence-corrected chi connectivity index (χ3v) is 6.95. The van der Waals surface area contributed by atoms with Gasteiger partial charge in [-0.15, -0.1) is 0 Å². The van der Waals surface area contributed by atoms with Crippen molar-refractivity contribution in [3.05, 3.63) is 23.8 Å². The number of hydrogen-bond donors (Lipinski definition) is 1. The van der Waals surface area contributed by atoms with E-state index >= 15 is 0 Å². The van der Waals surface area contributed by atoms with E-state index in [0.717, 1.165) is 12.8 Å². The molecule has 3 atom stereocenters. The van der Waals surface area contributed by atoms with Crippen molar-refractivity contribution in [1.82, 2.24) is 0 Å². The SMILES string of the molecule is CCCC(C)C(=O)OC[C@H](C)OC(=O)[C@@H](N)Cc1ccc(OC(=O)C(C)(C)CC)c(OC(=O)C(C)(C)CC)c1. The van der Waals surface area contributed by atoms with E-state index in [2.05, 4.69) is 0 Å². The van der Waals surface area contributed by atoms with Crippen LogP contribution in [-0.4, -0.2) is 42.6 Å². The molecule has 0 amide bonds. The molecule has 0 fully saturated rings. The van der Waals surface area contributed by atoms with Crippen molar-refractivity contribution in [2.75, 3.05) is 6.61 Å². The zero-order valence-corrected chi connectivity index (χ0v) is 25.1. The van der Waals surface area contributed by atoms with Crippen molar-refractivity contribution in [1.29, 1.82) is 0 Å². The fourth-order valence-electron chi connectivity index (χ4n) is 3.16. The first-order valence-electron chi connectivity index (χ1n) is 13.8. The van der Waals surface area contributed by atoms with Gasteiger partial charge < -0.3 is 24.7 Å². The van der Waals surface area contributed by atoms with Crippen molar-refractivity contribution in [2.24, 2.45) is 22.5 Å². The topological polar surface area (TPSA) is 131 Å². The molecule has 9 heteroatoms. The molecule has 0 bridgehead atoms. The lowest BCUT2D eigenvalue weighted by Crippen LogP contribution is -2.37. The Balaban J connectivity index is 2.99. The summed E-state index contributed by atoms with van der Waals surface area (Å²) >= 11 is 0. The number of ether oxygens (including phenoxy) is 4. The average molecular weight is 550 g/mol. The van der Waals surface area contributed by atoms with Gasteiger partial charge in [0.15, 0.2) is 11.5 Å². The van der Waals surface area contributed by atoms with Crippen molar-refractivity contribution < 1.29 is 38.1 Å². The monoisotopic (exact) mass is 549 g/mol. The summed E-state index contributed by atoms with van der Waals surface area (Å²) in [5, 5.41) is 0. The normalized spacial score (nSPS) is 14.1. The highest BCUT2D eigenvalue weighted by Crippen LogP contribution is 2.34. The molecule has 39 heavy (non-hydrogen) atoms. The highest BCUT2D eigenvalue weighted by atomic mass is 16.6. The van der Waals surface area contributed by atoms with Crippen molar-refractivity contribution in [2.45, 2.75) is 107 Å². The van der Waals surface area contributed by atoms with Crippen LogP contribution in [0.25, 0.3) is 0 Å². The minimum Gasteiger partial charge on any atom is -0.462 e. The first kappa shape index (κ1) is 34.1. The zero-order chi connectivity index (χ0) is 30.0. The molecule has 0 aliphatic rings. The maximum atomic E-state index is 12.8. The Morgan fingerprint density at radius 2 is 1.38 bits per heavy atom. The van der Waals surface area contributed by atoms with Crippen molar-refractivity contribution in [3.8, 4) is 11.5 Å². The molecule has 0 aromatic heterocycles. The summed E-state index contributed by atoms with van der Waals surface area (Å²) in [4.78, 5) is 50.1. The molecule has 0 saturated heterocycles. The molecular formula is C30H47NO8. The molecule has 0 aliphatic heterocycles. The Bertz CT molecular complexity index is 1000. The Kier molecular flexibility index (Phi) is 13.1. The van der Waals surface area contributed by atoms with Gasteiger partial charge in [0.25, 0.3) is 0 Å². The number of carbonyl (C=O) groups excluding carboxylic acids is 4. The smallest absolute Gasteiger partial charge is 0.323 e. The second-order valence-electron chi connectivity index (χ2n) is 11.4. The van der Waals surface area contributed by atoms with Gasteiger partial charge in [-0.3, -0.25) is 19.2 Å². The van der Waals surface area contributed by atoms with Gasteiger partial charge in [0.2, 0.25) is 0 Å². The maximum absolute atomic E-state index is 12.8. The van der Waals surface area contributed by atoms with Gasteiger partial charge in [0.05, 0.1) is 16.7 Å². The molecule has 2 N–H and O–H groups in total. The number of benzene rings is 1. The molecule has 1 aromatic rings. The molecule has 0 spiro atoms. The first-order valence-corrected chi connectivity index (χ1v) is 13.8. The summed E-state index contributed by atoms with van der Waals surface area (Å²) in [7, 11) is 0. The molecule has 0 radical (unpaired) electrons.